The third-order valence-corrected chi connectivity index (χ3v) is 3.13. The van der Waals surface area contributed by atoms with Gasteiger partial charge in [-0.1, -0.05) is 6.07 Å². The fraction of sp³-hybridized carbons (Fsp3) is 0.133. The van der Waals surface area contributed by atoms with E-state index >= 15 is 0 Å². The maximum atomic E-state index is 12.3. The number of nitrogens with one attached hydrogen (secondary N) is 2. The molecule has 0 saturated heterocycles. The molecule has 0 aliphatic heterocycles. The highest BCUT2D eigenvalue weighted by atomic mass is 16.6. The van der Waals surface area contributed by atoms with Gasteiger partial charge in [0.15, 0.2) is 0 Å². The number of amides is 1. The first-order chi connectivity index (χ1) is 10.4. The zero-order valence-electron chi connectivity index (χ0n) is 12.1. The van der Waals surface area contributed by atoms with Gasteiger partial charge in [-0.25, -0.2) is 0 Å². The molecule has 0 spiro atoms. The SMILES string of the molecule is CNc1ccc([N+](=O)[O-])cc1C(=O)Nc1ccc(C)cc1O. The van der Waals surface area contributed by atoms with Crippen LogP contribution < -0.4 is 10.6 Å². The summed E-state index contributed by atoms with van der Waals surface area (Å²) in [6.45, 7) is 1.81. The highest BCUT2D eigenvalue weighted by Crippen LogP contribution is 2.27. The van der Waals surface area contributed by atoms with E-state index in [0.717, 1.165) is 5.56 Å². The zero-order valence-corrected chi connectivity index (χ0v) is 12.1. The summed E-state index contributed by atoms with van der Waals surface area (Å²) in [7, 11) is 1.61. The van der Waals surface area contributed by atoms with E-state index in [0.29, 0.717) is 5.69 Å². The molecule has 0 radical (unpaired) electrons. The summed E-state index contributed by atoms with van der Waals surface area (Å²) in [6, 6.07) is 8.78. The highest BCUT2D eigenvalue weighted by Gasteiger charge is 2.17. The number of benzene rings is 2. The molecular weight excluding hydrogens is 286 g/mol. The van der Waals surface area contributed by atoms with Crippen molar-refractivity contribution in [2.24, 2.45) is 0 Å². The van der Waals surface area contributed by atoms with E-state index < -0.39 is 10.8 Å². The van der Waals surface area contributed by atoms with Crippen LogP contribution in [0.2, 0.25) is 0 Å². The predicted octanol–water partition coefficient (Wildman–Crippen LogP) is 2.90. The Morgan fingerprint density at radius 2 is 1.86 bits per heavy atom. The largest absolute Gasteiger partial charge is 0.506 e. The molecule has 114 valence electrons. The van der Waals surface area contributed by atoms with Gasteiger partial charge in [-0.3, -0.25) is 14.9 Å². The lowest BCUT2D eigenvalue weighted by molar-refractivity contribution is -0.384. The summed E-state index contributed by atoms with van der Waals surface area (Å²) in [6.07, 6.45) is 0. The van der Waals surface area contributed by atoms with Crippen molar-refractivity contribution in [2.75, 3.05) is 17.7 Å². The number of nitrogens with zero attached hydrogens (tertiary/aromatic N) is 1. The number of hydrogen-bond acceptors (Lipinski definition) is 5. The van der Waals surface area contributed by atoms with E-state index in [4.69, 9.17) is 0 Å². The fourth-order valence-corrected chi connectivity index (χ4v) is 1.99. The van der Waals surface area contributed by atoms with Crippen molar-refractivity contribution in [2.45, 2.75) is 6.92 Å². The van der Waals surface area contributed by atoms with Gasteiger partial charge in [0.05, 0.1) is 16.2 Å². The number of nitro groups is 1. The maximum Gasteiger partial charge on any atom is 0.270 e. The number of non-ortho nitro benzene ring substituents is 1. The van der Waals surface area contributed by atoms with Crippen molar-refractivity contribution in [3.05, 3.63) is 57.6 Å². The number of carbonyl (C=O) groups excluding carboxylic acids is 1. The van der Waals surface area contributed by atoms with Crippen LogP contribution in [0.15, 0.2) is 36.4 Å². The molecule has 7 heteroatoms. The monoisotopic (exact) mass is 301 g/mol. The molecule has 0 heterocycles. The van der Waals surface area contributed by atoms with Crippen LogP contribution in [0.4, 0.5) is 17.1 Å². The molecule has 0 fully saturated rings. The maximum absolute atomic E-state index is 12.3. The Kier molecular flexibility index (Phi) is 4.26. The molecular formula is C15H15N3O4. The Morgan fingerprint density at radius 1 is 1.18 bits per heavy atom. The second-order valence-electron chi connectivity index (χ2n) is 4.71. The molecule has 0 aliphatic rings. The minimum Gasteiger partial charge on any atom is -0.506 e. The van der Waals surface area contributed by atoms with E-state index in [-0.39, 0.29) is 22.7 Å². The van der Waals surface area contributed by atoms with Gasteiger partial charge in [0.25, 0.3) is 11.6 Å². The number of hydrogen-bond donors (Lipinski definition) is 3. The minimum absolute atomic E-state index is 0.0650. The summed E-state index contributed by atoms with van der Waals surface area (Å²) in [5.41, 5.74) is 1.48. The van der Waals surface area contributed by atoms with Gasteiger partial charge in [-0.15, -0.1) is 0 Å². The van der Waals surface area contributed by atoms with Crippen LogP contribution in [0.1, 0.15) is 15.9 Å². The average Bonchev–Trinajstić information content (AvgIpc) is 2.49. The summed E-state index contributed by atoms with van der Waals surface area (Å²) in [5, 5.41) is 26.0. The summed E-state index contributed by atoms with van der Waals surface area (Å²) in [5.74, 6) is -0.614. The first kappa shape index (κ1) is 15.3. The molecule has 2 aromatic rings. The number of anilines is 2. The Morgan fingerprint density at radius 3 is 2.45 bits per heavy atom. The number of aryl methyl sites for hydroxylation is 1. The lowest BCUT2D eigenvalue weighted by Crippen LogP contribution is -2.14. The normalized spacial score (nSPS) is 10.1. The topological polar surface area (TPSA) is 105 Å². The van der Waals surface area contributed by atoms with Crippen LogP contribution in [0, 0.1) is 17.0 Å². The molecule has 3 N–H and O–H groups in total. The number of phenolic OH excluding ortho intramolecular Hbond substituents is 1. The number of nitro benzene ring substituents is 1. The first-order valence-corrected chi connectivity index (χ1v) is 6.49. The Balaban J connectivity index is 2.35. The van der Waals surface area contributed by atoms with E-state index in [1.165, 1.54) is 24.3 Å². The number of rotatable bonds is 4. The van der Waals surface area contributed by atoms with Crippen LogP contribution >= 0.6 is 0 Å². The molecule has 2 aromatic carbocycles. The second kappa shape index (κ2) is 6.13. The van der Waals surface area contributed by atoms with Gasteiger partial charge >= 0.3 is 0 Å². The van der Waals surface area contributed by atoms with Crippen LogP contribution in [0.5, 0.6) is 5.75 Å². The zero-order chi connectivity index (χ0) is 16.3. The molecule has 0 bridgehead atoms. The Bertz CT molecular complexity index is 744. The quantitative estimate of drug-likeness (QED) is 0.457. The number of carbonyl (C=O) groups is 1. The van der Waals surface area contributed by atoms with Crippen LogP contribution in [-0.4, -0.2) is 23.0 Å². The van der Waals surface area contributed by atoms with Crippen molar-refractivity contribution in [3.63, 3.8) is 0 Å². The molecule has 7 nitrogen and oxygen atoms in total. The first-order valence-electron chi connectivity index (χ1n) is 6.49. The van der Waals surface area contributed by atoms with Crippen molar-refractivity contribution in [3.8, 4) is 5.75 Å². The van der Waals surface area contributed by atoms with Gasteiger partial charge in [0.1, 0.15) is 5.75 Å². The van der Waals surface area contributed by atoms with Gasteiger partial charge in [0, 0.05) is 24.9 Å². The average molecular weight is 301 g/mol. The molecule has 22 heavy (non-hydrogen) atoms. The molecule has 0 unspecified atom stereocenters. The van der Waals surface area contributed by atoms with Gasteiger partial charge in [0.2, 0.25) is 0 Å². The smallest absolute Gasteiger partial charge is 0.270 e. The molecule has 0 aromatic heterocycles. The number of phenols is 1. The third-order valence-electron chi connectivity index (χ3n) is 3.13. The second-order valence-corrected chi connectivity index (χ2v) is 4.71. The number of aromatic hydroxyl groups is 1. The van der Waals surface area contributed by atoms with Gasteiger partial charge in [-0.05, 0) is 30.7 Å². The van der Waals surface area contributed by atoms with E-state index in [9.17, 15) is 20.0 Å². The molecule has 2 rings (SSSR count). The van der Waals surface area contributed by atoms with Crippen molar-refractivity contribution >= 4 is 23.0 Å². The van der Waals surface area contributed by atoms with E-state index in [1.54, 1.807) is 19.2 Å². The molecule has 0 saturated carbocycles. The van der Waals surface area contributed by atoms with Crippen LogP contribution in [0.3, 0.4) is 0 Å². The van der Waals surface area contributed by atoms with Crippen LogP contribution in [0.25, 0.3) is 0 Å². The van der Waals surface area contributed by atoms with E-state index in [1.807, 2.05) is 6.92 Å². The predicted molar refractivity (Wildman–Crippen MR) is 83.4 cm³/mol. The van der Waals surface area contributed by atoms with Crippen molar-refractivity contribution < 1.29 is 14.8 Å². The minimum atomic E-state index is -0.570. The van der Waals surface area contributed by atoms with E-state index in [2.05, 4.69) is 10.6 Å². The molecule has 0 aliphatic carbocycles. The Labute approximate surface area is 126 Å². The standard InChI is InChI=1S/C15H15N3O4/c1-9-3-5-13(14(19)7-9)17-15(20)11-8-10(18(21)22)4-6-12(11)16-2/h3-8,16,19H,1-2H3,(H,17,20). The third kappa shape index (κ3) is 3.14. The van der Waals surface area contributed by atoms with Gasteiger partial charge in [-0.2, -0.15) is 0 Å². The van der Waals surface area contributed by atoms with Crippen molar-refractivity contribution in [1.82, 2.24) is 0 Å². The lowest BCUT2D eigenvalue weighted by atomic mass is 10.1. The molecule has 0 atom stereocenters. The van der Waals surface area contributed by atoms with Crippen molar-refractivity contribution in [1.29, 1.82) is 0 Å². The lowest BCUT2D eigenvalue weighted by Gasteiger charge is -2.11. The fourth-order valence-electron chi connectivity index (χ4n) is 1.99. The summed E-state index contributed by atoms with van der Waals surface area (Å²) < 4.78 is 0. The molecule has 1 amide bonds. The Hall–Kier alpha value is -3.09. The highest BCUT2D eigenvalue weighted by molar-refractivity contribution is 6.09. The summed E-state index contributed by atoms with van der Waals surface area (Å²) in [4.78, 5) is 22.6. The summed E-state index contributed by atoms with van der Waals surface area (Å²) >= 11 is 0. The van der Waals surface area contributed by atoms with Gasteiger partial charge < -0.3 is 15.7 Å². The van der Waals surface area contributed by atoms with Crippen LogP contribution in [-0.2, 0) is 0 Å².